The van der Waals surface area contributed by atoms with E-state index in [0.29, 0.717) is 29.8 Å². The molecule has 1 atom stereocenters. The van der Waals surface area contributed by atoms with Crippen molar-refractivity contribution in [2.75, 3.05) is 20.3 Å². The molecule has 1 saturated heterocycles. The second kappa shape index (κ2) is 7.96. The van der Waals surface area contributed by atoms with Gasteiger partial charge in [0, 0.05) is 30.0 Å². The number of benzene rings is 2. The monoisotopic (exact) mass is 413 g/mol. The number of hydrogen-bond acceptors (Lipinski definition) is 4. The smallest absolute Gasteiger partial charge is 0.279 e. The molecule has 1 aliphatic rings. The Bertz CT molecular complexity index is 1330. The van der Waals surface area contributed by atoms with E-state index in [2.05, 4.69) is 5.10 Å². The molecular formula is C25H23N3O3. The molecule has 3 heterocycles. The summed E-state index contributed by atoms with van der Waals surface area (Å²) in [6.07, 6.45) is 3.53. The lowest BCUT2D eigenvalue weighted by atomic mass is 10.0. The molecule has 0 saturated carbocycles. The standard InChI is InChI=1S/C25H23N3O3/c1-31-16-19-11-7-13-27(19)24(29)22-14-21(17-8-3-2-4-9-17)25(30)28-23(22)20-12-6-5-10-18(20)15-26-28/h2-6,8-10,12,14-15,19H,7,11,13,16H2,1H3. The molecule has 2 aromatic carbocycles. The molecule has 0 N–H and O–H groups in total. The number of ether oxygens (including phenoxy) is 1. The average Bonchev–Trinajstić information content (AvgIpc) is 3.28. The fraction of sp³-hybridized carbons (Fsp3) is 0.240. The summed E-state index contributed by atoms with van der Waals surface area (Å²) < 4.78 is 6.72. The number of carbonyl (C=O) groups is 1. The van der Waals surface area contributed by atoms with Gasteiger partial charge in [0.25, 0.3) is 11.5 Å². The summed E-state index contributed by atoms with van der Waals surface area (Å²) in [4.78, 5) is 29.1. The summed E-state index contributed by atoms with van der Waals surface area (Å²) in [5, 5.41) is 6.15. The first-order chi connectivity index (χ1) is 15.2. The number of rotatable bonds is 4. The molecule has 6 nitrogen and oxygen atoms in total. The lowest BCUT2D eigenvalue weighted by Gasteiger charge is -2.25. The Hall–Kier alpha value is -3.51. The van der Waals surface area contributed by atoms with Gasteiger partial charge in [-0.3, -0.25) is 9.59 Å². The highest BCUT2D eigenvalue weighted by Crippen LogP contribution is 2.28. The summed E-state index contributed by atoms with van der Waals surface area (Å²) >= 11 is 0. The van der Waals surface area contributed by atoms with Crippen molar-refractivity contribution in [1.82, 2.24) is 14.5 Å². The molecule has 1 amide bonds. The maximum atomic E-state index is 13.8. The van der Waals surface area contributed by atoms with Crippen LogP contribution in [-0.4, -0.2) is 46.7 Å². The van der Waals surface area contributed by atoms with Crippen LogP contribution in [0.25, 0.3) is 27.4 Å². The highest BCUT2D eigenvalue weighted by Gasteiger charge is 2.31. The van der Waals surface area contributed by atoms with Crippen LogP contribution in [0.4, 0.5) is 0 Å². The van der Waals surface area contributed by atoms with Gasteiger partial charge >= 0.3 is 0 Å². The van der Waals surface area contributed by atoms with Crippen molar-refractivity contribution in [3.63, 3.8) is 0 Å². The van der Waals surface area contributed by atoms with Crippen molar-refractivity contribution in [3.8, 4) is 11.1 Å². The first kappa shape index (κ1) is 19.5. The third kappa shape index (κ3) is 3.29. The number of methoxy groups -OCH3 is 1. The highest BCUT2D eigenvalue weighted by molar-refractivity contribution is 6.09. The van der Waals surface area contributed by atoms with Crippen molar-refractivity contribution in [1.29, 1.82) is 0 Å². The molecule has 1 aliphatic heterocycles. The molecule has 1 fully saturated rings. The minimum Gasteiger partial charge on any atom is -0.383 e. The molecule has 1 unspecified atom stereocenters. The molecule has 0 bridgehead atoms. The molecule has 0 spiro atoms. The van der Waals surface area contributed by atoms with Crippen LogP contribution in [0.2, 0.25) is 0 Å². The number of carbonyl (C=O) groups excluding carboxylic acids is 1. The number of pyridine rings is 1. The van der Waals surface area contributed by atoms with Gasteiger partial charge in [0.2, 0.25) is 0 Å². The summed E-state index contributed by atoms with van der Waals surface area (Å²) in [6, 6.07) is 18.9. The lowest BCUT2D eigenvalue weighted by Crippen LogP contribution is -2.39. The molecule has 4 aromatic rings. The average molecular weight is 413 g/mol. The van der Waals surface area contributed by atoms with Gasteiger partial charge in [-0.1, -0.05) is 54.6 Å². The number of amides is 1. The second-order valence-corrected chi connectivity index (χ2v) is 7.89. The van der Waals surface area contributed by atoms with Gasteiger partial charge in [-0.2, -0.15) is 9.61 Å². The van der Waals surface area contributed by atoms with Gasteiger partial charge in [0.1, 0.15) is 0 Å². The Balaban J connectivity index is 1.80. The maximum absolute atomic E-state index is 13.8. The number of likely N-dealkylation sites (tertiary alicyclic amines) is 1. The van der Waals surface area contributed by atoms with Crippen LogP contribution < -0.4 is 5.56 Å². The fourth-order valence-corrected chi connectivity index (χ4v) is 4.53. The molecule has 6 heteroatoms. The number of hydrogen-bond donors (Lipinski definition) is 0. The molecule has 31 heavy (non-hydrogen) atoms. The number of nitrogens with zero attached hydrogens (tertiary/aromatic N) is 3. The Morgan fingerprint density at radius 1 is 1.13 bits per heavy atom. The summed E-state index contributed by atoms with van der Waals surface area (Å²) in [6.45, 7) is 1.18. The van der Waals surface area contributed by atoms with E-state index in [-0.39, 0.29) is 17.5 Å². The molecule has 5 rings (SSSR count). The second-order valence-electron chi connectivity index (χ2n) is 7.89. The van der Waals surface area contributed by atoms with Crippen molar-refractivity contribution in [2.24, 2.45) is 0 Å². The number of aromatic nitrogens is 2. The van der Waals surface area contributed by atoms with E-state index >= 15 is 0 Å². The van der Waals surface area contributed by atoms with E-state index < -0.39 is 0 Å². The molecular weight excluding hydrogens is 390 g/mol. The lowest BCUT2D eigenvalue weighted by molar-refractivity contribution is 0.0632. The largest absolute Gasteiger partial charge is 0.383 e. The zero-order chi connectivity index (χ0) is 21.4. The normalized spacial score (nSPS) is 16.3. The zero-order valence-corrected chi connectivity index (χ0v) is 17.3. The van der Waals surface area contributed by atoms with Crippen LogP contribution in [0.1, 0.15) is 23.2 Å². The van der Waals surface area contributed by atoms with Crippen LogP contribution in [0, 0.1) is 0 Å². The van der Waals surface area contributed by atoms with Crippen molar-refractivity contribution < 1.29 is 9.53 Å². The van der Waals surface area contributed by atoms with Gasteiger partial charge in [-0.05, 0) is 24.5 Å². The third-order valence-electron chi connectivity index (χ3n) is 6.02. The van der Waals surface area contributed by atoms with Crippen LogP contribution in [0.15, 0.2) is 71.7 Å². The van der Waals surface area contributed by atoms with Crippen LogP contribution in [0.3, 0.4) is 0 Å². The quantitative estimate of drug-likeness (QED) is 0.478. The predicted molar refractivity (Wildman–Crippen MR) is 120 cm³/mol. The van der Waals surface area contributed by atoms with Gasteiger partial charge < -0.3 is 9.64 Å². The Kier molecular flexibility index (Phi) is 5.00. The maximum Gasteiger partial charge on any atom is 0.279 e. The molecule has 0 radical (unpaired) electrons. The van der Waals surface area contributed by atoms with E-state index in [1.54, 1.807) is 19.4 Å². The van der Waals surface area contributed by atoms with E-state index in [1.807, 2.05) is 59.5 Å². The molecule has 2 aromatic heterocycles. The first-order valence-electron chi connectivity index (χ1n) is 10.5. The minimum atomic E-state index is -0.238. The van der Waals surface area contributed by atoms with Crippen LogP contribution >= 0.6 is 0 Å². The van der Waals surface area contributed by atoms with Crippen LogP contribution in [0.5, 0.6) is 0 Å². The minimum absolute atomic E-state index is 0.0348. The summed E-state index contributed by atoms with van der Waals surface area (Å²) in [7, 11) is 1.66. The Morgan fingerprint density at radius 3 is 2.71 bits per heavy atom. The summed E-state index contributed by atoms with van der Waals surface area (Å²) in [5.41, 5.74) is 2.03. The van der Waals surface area contributed by atoms with Crippen molar-refractivity contribution in [3.05, 3.63) is 82.8 Å². The van der Waals surface area contributed by atoms with Gasteiger partial charge in [-0.15, -0.1) is 0 Å². The topological polar surface area (TPSA) is 63.9 Å². The fourth-order valence-electron chi connectivity index (χ4n) is 4.53. The van der Waals surface area contributed by atoms with E-state index in [4.69, 9.17) is 4.74 Å². The van der Waals surface area contributed by atoms with Gasteiger partial charge in [-0.25, -0.2) is 0 Å². The predicted octanol–water partition coefficient (Wildman–Crippen LogP) is 3.77. The van der Waals surface area contributed by atoms with E-state index in [9.17, 15) is 9.59 Å². The Labute approximate surface area is 179 Å². The van der Waals surface area contributed by atoms with Crippen molar-refractivity contribution in [2.45, 2.75) is 18.9 Å². The SMILES string of the molecule is COCC1CCCN1C(=O)c1cc(-c2ccccc2)c(=O)n2ncc3ccccc3c12. The molecule has 0 aliphatic carbocycles. The van der Waals surface area contributed by atoms with E-state index in [1.165, 1.54) is 4.52 Å². The number of fused-ring (bicyclic) bond motifs is 3. The van der Waals surface area contributed by atoms with Gasteiger partial charge in [0.05, 0.1) is 29.9 Å². The summed E-state index contributed by atoms with van der Waals surface area (Å²) in [5.74, 6) is -0.0904. The van der Waals surface area contributed by atoms with Crippen LogP contribution in [-0.2, 0) is 4.74 Å². The highest BCUT2D eigenvalue weighted by atomic mass is 16.5. The zero-order valence-electron chi connectivity index (χ0n) is 17.3. The first-order valence-corrected chi connectivity index (χ1v) is 10.5. The third-order valence-corrected chi connectivity index (χ3v) is 6.02. The van der Waals surface area contributed by atoms with Gasteiger partial charge in [0.15, 0.2) is 0 Å². The molecule has 156 valence electrons. The van der Waals surface area contributed by atoms with Crippen molar-refractivity contribution >= 4 is 22.2 Å². The Morgan fingerprint density at radius 2 is 1.90 bits per heavy atom. The van der Waals surface area contributed by atoms with E-state index in [0.717, 1.165) is 29.2 Å².